The number of hydrogen-bond acceptors (Lipinski definition) is 5. The first-order valence-corrected chi connectivity index (χ1v) is 6.88. The van der Waals surface area contributed by atoms with Gasteiger partial charge >= 0.3 is 6.09 Å². The highest BCUT2D eigenvalue weighted by Crippen LogP contribution is 2.13. The summed E-state index contributed by atoms with van der Waals surface area (Å²) in [5.41, 5.74) is 0.751. The maximum atomic E-state index is 11.9. The standard InChI is InChI=1S/C14H19N3O4/c1-16(9-12-6-7-15-8-12)14(18)21-10-11-2-4-13(5-3-11)17(19)20/h2-5,12,15H,6-10H2,1H3/t12-/m0/s1. The molecule has 1 amide bonds. The van der Waals surface area contributed by atoms with Crippen LogP contribution in [0, 0.1) is 16.0 Å². The van der Waals surface area contributed by atoms with Crippen LogP contribution in [-0.4, -0.2) is 42.6 Å². The van der Waals surface area contributed by atoms with E-state index in [0.29, 0.717) is 12.5 Å². The van der Waals surface area contributed by atoms with Crippen molar-refractivity contribution in [1.29, 1.82) is 0 Å². The molecule has 0 aliphatic carbocycles. The molecule has 0 bridgehead atoms. The molecule has 1 N–H and O–H groups in total. The summed E-state index contributed by atoms with van der Waals surface area (Å²) in [7, 11) is 1.72. The Bertz CT molecular complexity index is 497. The molecule has 1 aliphatic rings. The van der Waals surface area contributed by atoms with Gasteiger partial charge in [-0.3, -0.25) is 10.1 Å². The molecular weight excluding hydrogens is 274 g/mol. The summed E-state index contributed by atoms with van der Waals surface area (Å²) in [6.45, 7) is 2.71. The second-order valence-corrected chi connectivity index (χ2v) is 5.22. The number of ether oxygens (including phenoxy) is 1. The van der Waals surface area contributed by atoms with Gasteiger partial charge in [0.15, 0.2) is 0 Å². The minimum atomic E-state index is -0.459. The Labute approximate surface area is 123 Å². The number of rotatable bonds is 5. The van der Waals surface area contributed by atoms with E-state index in [1.54, 1.807) is 24.1 Å². The van der Waals surface area contributed by atoms with Gasteiger partial charge < -0.3 is 15.0 Å². The fourth-order valence-electron chi connectivity index (χ4n) is 2.30. The number of hydrogen-bond donors (Lipinski definition) is 1. The normalized spacial score (nSPS) is 17.5. The number of non-ortho nitro benzene ring substituents is 1. The lowest BCUT2D eigenvalue weighted by molar-refractivity contribution is -0.384. The molecule has 7 nitrogen and oxygen atoms in total. The summed E-state index contributed by atoms with van der Waals surface area (Å²) in [6, 6.07) is 5.98. The first-order valence-electron chi connectivity index (χ1n) is 6.88. The molecule has 1 aliphatic heterocycles. The molecule has 0 radical (unpaired) electrons. The van der Waals surface area contributed by atoms with Crippen LogP contribution < -0.4 is 5.32 Å². The van der Waals surface area contributed by atoms with Gasteiger partial charge in [-0.2, -0.15) is 0 Å². The summed E-state index contributed by atoms with van der Waals surface area (Å²) >= 11 is 0. The van der Waals surface area contributed by atoms with Crippen LogP contribution in [0.25, 0.3) is 0 Å². The van der Waals surface area contributed by atoms with E-state index in [1.807, 2.05) is 0 Å². The number of nitro groups is 1. The highest BCUT2D eigenvalue weighted by atomic mass is 16.6. The highest BCUT2D eigenvalue weighted by Gasteiger charge is 2.19. The van der Waals surface area contributed by atoms with Crippen LogP contribution in [-0.2, 0) is 11.3 Å². The topological polar surface area (TPSA) is 84.7 Å². The Morgan fingerprint density at radius 1 is 1.48 bits per heavy atom. The van der Waals surface area contributed by atoms with Gasteiger partial charge in [0, 0.05) is 25.7 Å². The van der Waals surface area contributed by atoms with Crippen LogP contribution in [0.2, 0.25) is 0 Å². The molecule has 0 spiro atoms. The van der Waals surface area contributed by atoms with Crippen LogP contribution in [0.1, 0.15) is 12.0 Å². The summed E-state index contributed by atoms with van der Waals surface area (Å²) in [5, 5.41) is 13.8. The third-order valence-electron chi connectivity index (χ3n) is 3.52. The van der Waals surface area contributed by atoms with E-state index in [1.165, 1.54) is 12.1 Å². The minimum Gasteiger partial charge on any atom is -0.445 e. The Morgan fingerprint density at radius 2 is 2.19 bits per heavy atom. The van der Waals surface area contributed by atoms with Gasteiger partial charge in [0.2, 0.25) is 0 Å². The smallest absolute Gasteiger partial charge is 0.409 e. The van der Waals surface area contributed by atoms with Crippen LogP contribution in [0.3, 0.4) is 0 Å². The molecule has 1 aromatic carbocycles. The fraction of sp³-hybridized carbons (Fsp3) is 0.500. The lowest BCUT2D eigenvalue weighted by atomic mass is 10.1. The molecule has 0 aromatic heterocycles. The van der Waals surface area contributed by atoms with Crippen molar-refractivity contribution in [1.82, 2.24) is 10.2 Å². The lowest BCUT2D eigenvalue weighted by Gasteiger charge is -2.20. The van der Waals surface area contributed by atoms with Gasteiger partial charge in [0.1, 0.15) is 6.61 Å². The van der Waals surface area contributed by atoms with E-state index in [-0.39, 0.29) is 18.4 Å². The molecule has 1 fully saturated rings. The Kier molecular flexibility index (Phi) is 5.10. The summed E-state index contributed by atoms with van der Waals surface area (Å²) < 4.78 is 5.20. The van der Waals surface area contributed by atoms with Crippen molar-refractivity contribution in [2.45, 2.75) is 13.0 Å². The number of carbonyl (C=O) groups is 1. The Morgan fingerprint density at radius 3 is 2.76 bits per heavy atom. The van der Waals surface area contributed by atoms with Crippen LogP contribution >= 0.6 is 0 Å². The second-order valence-electron chi connectivity index (χ2n) is 5.22. The van der Waals surface area contributed by atoms with E-state index in [2.05, 4.69) is 5.32 Å². The van der Waals surface area contributed by atoms with Crippen LogP contribution in [0.4, 0.5) is 10.5 Å². The van der Waals surface area contributed by atoms with Crippen molar-refractivity contribution < 1.29 is 14.5 Å². The monoisotopic (exact) mass is 293 g/mol. The largest absolute Gasteiger partial charge is 0.445 e. The number of benzene rings is 1. The lowest BCUT2D eigenvalue weighted by Crippen LogP contribution is -2.33. The number of nitrogens with zero attached hydrogens (tertiary/aromatic N) is 2. The van der Waals surface area contributed by atoms with Gasteiger partial charge in [-0.05, 0) is 43.1 Å². The molecule has 0 unspecified atom stereocenters. The summed E-state index contributed by atoms with van der Waals surface area (Å²) in [6.07, 6.45) is 0.695. The SMILES string of the molecule is CN(C[C@H]1CCNC1)C(=O)OCc1ccc([N+](=O)[O-])cc1. The highest BCUT2D eigenvalue weighted by molar-refractivity contribution is 5.67. The molecule has 1 aromatic rings. The predicted octanol–water partition coefficient (Wildman–Crippen LogP) is 1.77. The van der Waals surface area contributed by atoms with Crippen molar-refractivity contribution in [3.63, 3.8) is 0 Å². The van der Waals surface area contributed by atoms with E-state index in [4.69, 9.17) is 4.74 Å². The first-order chi connectivity index (χ1) is 10.1. The quantitative estimate of drug-likeness (QED) is 0.660. The van der Waals surface area contributed by atoms with Gasteiger partial charge in [0.05, 0.1) is 4.92 Å². The third-order valence-corrected chi connectivity index (χ3v) is 3.52. The average Bonchev–Trinajstić information content (AvgIpc) is 2.98. The zero-order chi connectivity index (χ0) is 15.2. The number of nitrogens with one attached hydrogen (secondary N) is 1. The number of amides is 1. The van der Waals surface area contributed by atoms with Crippen LogP contribution in [0.5, 0.6) is 0 Å². The predicted molar refractivity (Wildman–Crippen MR) is 76.9 cm³/mol. The summed E-state index contributed by atoms with van der Waals surface area (Å²) in [5.74, 6) is 0.474. The van der Waals surface area contributed by atoms with E-state index in [0.717, 1.165) is 25.1 Å². The van der Waals surface area contributed by atoms with Crippen molar-refractivity contribution in [3.05, 3.63) is 39.9 Å². The molecule has 1 saturated heterocycles. The molecule has 114 valence electrons. The third kappa shape index (κ3) is 4.42. The molecule has 1 heterocycles. The fourth-order valence-corrected chi connectivity index (χ4v) is 2.30. The molecule has 0 saturated carbocycles. The molecular formula is C14H19N3O4. The van der Waals surface area contributed by atoms with Gasteiger partial charge in [0.25, 0.3) is 5.69 Å². The van der Waals surface area contributed by atoms with Crippen molar-refractivity contribution in [2.24, 2.45) is 5.92 Å². The molecule has 21 heavy (non-hydrogen) atoms. The zero-order valence-corrected chi connectivity index (χ0v) is 11.9. The van der Waals surface area contributed by atoms with Gasteiger partial charge in [-0.25, -0.2) is 4.79 Å². The maximum absolute atomic E-state index is 11.9. The second kappa shape index (κ2) is 7.03. The van der Waals surface area contributed by atoms with Gasteiger partial charge in [-0.1, -0.05) is 0 Å². The number of nitro benzene ring substituents is 1. The van der Waals surface area contributed by atoms with Crippen molar-refractivity contribution in [3.8, 4) is 0 Å². The number of carbonyl (C=O) groups excluding carboxylic acids is 1. The molecule has 1 atom stereocenters. The van der Waals surface area contributed by atoms with E-state index < -0.39 is 4.92 Å². The Balaban J connectivity index is 1.78. The van der Waals surface area contributed by atoms with E-state index >= 15 is 0 Å². The molecule has 7 heteroatoms. The maximum Gasteiger partial charge on any atom is 0.409 e. The van der Waals surface area contributed by atoms with Gasteiger partial charge in [-0.15, -0.1) is 0 Å². The van der Waals surface area contributed by atoms with Crippen molar-refractivity contribution in [2.75, 3.05) is 26.7 Å². The average molecular weight is 293 g/mol. The van der Waals surface area contributed by atoms with Crippen molar-refractivity contribution >= 4 is 11.8 Å². The minimum absolute atomic E-state index is 0.0240. The zero-order valence-electron chi connectivity index (χ0n) is 11.9. The Hall–Kier alpha value is -2.15. The van der Waals surface area contributed by atoms with Crippen LogP contribution in [0.15, 0.2) is 24.3 Å². The first kappa shape index (κ1) is 15.2. The van der Waals surface area contributed by atoms with E-state index in [9.17, 15) is 14.9 Å². The molecule has 2 rings (SSSR count). The summed E-state index contributed by atoms with van der Waals surface area (Å²) in [4.78, 5) is 23.5.